The van der Waals surface area contributed by atoms with Crippen LogP contribution >= 0.6 is 0 Å². The first-order valence-electron chi connectivity index (χ1n) is 8.74. The number of hydrogen-bond donors (Lipinski definition) is 0. The zero-order valence-corrected chi connectivity index (χ0v) is 16.4. The van der Waals surface area contributed by atoms with Crippen molar-refractivity contribution in [2.45, 2.75) is 17.9 Å². The molecule has 0 unspecified atom stereocenters. The molecule has 0 aliphatic carbocycles. The van der Waals surface area contributed by atoms with Gasteiger partial charge in [0.05, 0.1) is 14.2 Å². The Morgan fingerprint density at radius 1 is 1.04 bits per heavy atom. The Balaban J connectivity index is 1.79. The van der Waals surface area contributed by atoms with E-state index in [9.17, 15) is 8.42 Å². The van der Waals surface area contributed by atoms with E-state index < -0.39 is 10.0 Å². The molecule has 0 atom stereocenters. The van der Waals surface area contributed by atoms with Crippen molar-refractivity contribution in [3.8, 4) is 11.5 Å². The number of rotatable bonds is 4. The Bertz CT molecular complexity index is 1120. The molecule has 0 bridgehead atoms. The van der Waals surface area contributed by atoms with Gasteiger partial charge < -0.3 is 14.0 Å². The van der Waals surface area contributed by atoms with Gasteiger partial charge in [-0.05, 0) is 23.8 Å². The van der Waals surface area contributed by atoms with Crippen molar-refractivity contribution in [2.75, 3.05) is 20.8 Å². The lowest BCUT2D eigenvalue weighted by Crippen LogP contribution is -2.36. The Hall–Kier alpha value is -2.51. The molecule has 2 aromatic carbocycles. The van der Waals surface area contributed by atoms with Crippen molar-refractivity contribution in [1.82, 2.24) is 8.87 Å². The maximum Gasteiger partial charge on any atom is 0.247 e. The van der Waals surface area contributed by atoms with Crippen LogP contribution in [0.5, 0.6) is 11.5 Å². The van der Waals surface area contributed by atoms with Crippen LogP contribution in [0.15, 0.2) is 47.4 Å². The van der Waals surface area contributed by atoms with Gasteiger partial charge in [0.1, 0.15) is 16.4 Å². The summed E-state index contributed by atoms with van der Waals surface area (Å²) in [5.41, 5.74) is 3.39. The molecule has 0 N–H and O–H groups in total. The van der Waals surface area contributed by atoms with Crippen molar-refractivity contribution >= 4 is 20.9 Å². The molecule has 0 fully saturated rings. The predicted molar refractivity (Wildman–Crippen MR) is 104 cm³/mol. The van der Waals surface area contributed by atoms with Gasteiger partial charge in [-0.15, -0.1) is 0 Å². The van der Waals surface area contributed by atoms with Crippen molar-refractivity contribution in [2.24, 2.45) is 7.05 Å². The predicted octanol–water partition coefficient (Wildman–Crippen LogP) is 2.94. The quantitative estimate of drug-likeness (QED) is 0.692. The molecule has 142 valence electrons. The summed E-state index contributed by atoms with van der Waals surface area (Å²) in [6.07, 6.45) is 0.673. The summed E-state index contributed by atoms with van der Waals surface area (Å²) in [4.78, 5) is 0.132. The zero-order chi connectivity index (χ0) is 19.2. The smallest absolute Gasteiger partial charge is 0.247 e. The highest BCUT2D eigenvalue weighted by molar-refractivity contribution is 7.89. The topological polar surface area (TPSA) is 60.8 Å². The van der Waals surface area contributed by atoms with Crippen LogP contribution in [-0.4, -0.2) is 38.1 Å². The Labute approximate surface area is 159 Å². The number of benzene rings is 2. The number of ether oxygens (including phenoxy) is 2. The van der Waals surface area contributed by atoms with Crippen molar-refractivity contribution in [3.63, 3.8) is 0 Å². The largest absolute Gasteiger partial charge is 0.497 e. The molecule has 0 radical (unpaired) electrons. The minimum atomic E-state index is -3.72. The minimum absolute atomic E-state index is 0.132. The summed E-state index contributed by atoms with van der Waals surface area (Å²) in [5, 5.41) is 1.10. The average Bonchev–Trinajstić information content (AvgIpc) is 2.99. The van der Waals surface area contributed by atoms with E-state index in [1.807, 2.05) is 19.2 Å². The first-order chi connectivity index (χ1) is 13.0. The molecule has 6 nitrogen and oxygen atoms in total. The number of fused-ring (bicyclic) bond motifs is 3. The normalized spacial score (nSPS) is 14.9. The standard InChI is InChI=1S/C20H22N2O4S/c1-21-17-7-5-4-6-15(17)16-13-22(11-10-18(16)21)27(23,24)20-12-14(25-2)8-9-19(20)26-3/h4-9,12H,10-11,13H2,1-3H3. The van der Waals surface area contributed by atoms with Crippen LogP contribution in [0.2, 0.25) is 0 Å². The summed E-state index contributed by atoms with van der Waals surface area (Å²) >= 11 is 0. The fraction of sp³-hybridized carbons (Fsp3) is 0.300. The number of aryl methyl sites for hydroxylation is 1. The minimum Gasteiger partial charge on any atom is -0.497 e. The van der Waals surface area contributed by atoms with Crippen LogP contribution in [-0.2, 0) is 30.0 Å². The maximum absolute atomic E-state index is 13.4. The molecule has 1 aliphatic heterocycles. The van der Waals surface area contributed by atoms with E-state index in [0.717, 1.165) is 16.5 Å². The van der Waals surface area contributed by atoms with E-state index in [2.05, 4.69) is 16.7 Å². The summed E-state index contributed by atoms with van der Waals surface area (Å²) < 4.78 is 40.9. The van der Waals surface area contributed by atoms with E-state index in [4.69, 9.17) is 9.47 Å². The second kappa shape index (κ2) is 6.58. The van der Waals surface area contributed by atoms with E-state index in [-0.39, 0.29) is 4.90 Å². The SMILES string of the molecule is COc1ccc(OC)c(S(=O)(=O)N2CCc3c(c4ccccc4n3C)C2)c1. The number of sulfonamides is 1. The summed E-state index contributed by atoms with van der Waals surface area (Å²) in [5.74, 6) is 0.803. The molecular formula is C20H22N2O4S. The lowest BCUT2D eigenvalue weighted by atomic mass is 10.1. The Kier molecular flexibility index (Phi) is 4.36. The Morgan fingerprint density at radius 3 is 2.56 bits per heavy atom. The summed E-state index contributed by atoms with van der Waals surface area (Å²) in [6.45, 7) is 0.777. The average molecular weight is 386 g/mol. The van der Waals surface area contributed by atoms with Gasteiger partial charge in [-0.3, -0.25) is 0 Å². The van der Waals surface area contributed by atoms with Crippen LogP contribution in [0.4, 0.5) is 0 Å². The van der Waals surface area contributed by atoms with Crippen LogP contribution in [0.25, 0.3) is 10.9 Å². The fourth-order valence-electron chi connectivity index (χ4n) is 3.84. The third kappa shape index (κ3) is 2.78. The Morgan fingerprint density at radius 2 is 1.81 bits per heavy atom. The molecule has 0 saturated carbocycles. The molecule has 7 heteroatoms. The first kappa shape index (κ1) is 17.9. The monoisotopic (exact) mass is 386 g/mol. The van der Waals surface area contributed by atoms with Crippen LogP contribution in [0.3, 0.4) is 0 Å². The third-order valence-electron chi connectivity index (χ3n) is 5.26. The number of aromatic nitrogens is 1. The van der Waals surface area contributed by atoms with Gasteiger partial charge in [-0.25, -0.2) is 8.42 Å². The molecule has 27 heavy (non-hydrogen) atoms. The highest BCUT2D eigenvalue weighted by Crippen LogP contribution is 2.35. The van der Waals surface area contributed by atoms with E-state index in [1.54, 1.807) is 12.1 Å². The van der Waals surface area contributed by atoms with Gasteiger partial charge in [-0.1, -0.05) is 18.2 Å². The zero-order valence-electron chi connectivity index (χ0n) is 15.6. The highest BCUT2D eigenvalue weighted by Gasteiger charge is 2.33. The second-order valence-electron chi connectivity index (χ2n) is 6.61. The van der Waals surface area contributed by atoms with Crippen molar-refractivity contribution in [1.29, 1.82) is 0 Å². The molecule has 4 rings (SSSR count). The first-order valence-corrected chi connectivity index (χ1v) is 10.2. The van der Waals surface area contributed by atoms with Gasteiger partial charge in [0.2, 0.25) is 10.0 Å². The van der Waals surface area contributed by atoms with Crippen LogP contribution in [0, 0.1) is 0 Å². The van der Waals surface area contributed by atoms with E-state index >= 15 is 0 Å². The van der Waals surface area contributed by atoms with Gasteiger partial charge in [0.25, 0.3) is 0 Å². The van der Waals surface area contributed by atoms with Gasteiger partial charge in [0.15, 0.2) is 0 Å². The molecule has 0 saturated heterocycles. The van der Waals surface area contributed by atoms with Gasteiger partial charge >= 0.3 is 0 Å². The number of methoxy groups -OCH3 is 2. The van der Waals surface area contributed by atoms with Gasteiger partial charge in [-0.2, -0.15) is 4.31 Å². The lowest BCUT2D eigenvalue weighted by Gasteiger charge is -2.28. The maximum atomic E-state index is 13.4. The third-order valence-corrected chi connectivity index (χ3v) is 7.13. The molecule has 0 amide bonds. The molecule has 0 spiro atoms. The summed E-state index contributed by atoms with van der Waals surface area (Å²) in [6, 6.07) is 12.9. The van der Waals surface area contributed by atoms with Crippen LogP contribution in [0.1, 0.15) is 11.3 Å². The number of para-hydroxylation sites is 1. The van der Waals surface area contributed by atoms with Crippen LogP contribution < -0.4 is 9.47 Å². The molecule has 1 aliphatic rings. The molecule has 2 heterocycles. The lowest BCUT2D eigenvalue weighted by molar-refractivity contribution is 0.372. The van der Waals surface area contributed by atoms with E-state index in [0.29, 0.717) is 31.0 Å². The highest BCUT2D eigenvalue weighted by atomic mass is 32.2. The van der Waals surface area contributed by atoms with Gasteiger partial charge in [0, 0.05) is 49.2 Å². The number of hydrogen-bond acceptors (Lipinski definition) is 4. The van der Waals surface area contributed by atoms with Crippen molar-refractivity contribution in [3.05, 3.63) is 53.7 Å². The molecule has 1 aromatic heterocycles. The van der Waals surface area contributed by atoms with E-state index in [1.165, 1.54) is 30.3 Å². The van der Waals surface area contributed by atoms with Crippen molar-refractivity contribution < 1.29 is 17.9 Å². The molecular weight excluding hydrogens is 364 g/mol. The number of nitrogens with zero attached hydrogens (tertiary/aromatic N) is 2. The second-order valence-corrected chi connectivity index (χ2v) is 8.51. The summed E-state index contributed by atoms with van der Waals surface area (Å²) in [7, 11) is 1.31. The molecule has 3 aromatic rings. The fourth-order valence-corrected chi connectivity index (χ4v) is 5.42.